The summed E-state index contributed by atoms with van der Waals surface area (Å²) in [5.41, 5.74) is 7.11. The number of nitrogens with two attached hydrogens (primary N) is 1. The number of primary amides is 1. The molecule has 0 saturated heterocycles. The molecule has 1 aliphatic carbocycles. The smallest absolute Gasteiger partial charge is 0.282 e. The lowest BCUT2D eigenvalue weighted by Gasteiger charge is -2.13. The summed E-state index contributed by atoms with van der Waals surface area (Å²) in [6.45, 7) is 0.0964. The Morgan fingerprint density at radius 3 is 2.96 bits per heavy atom. The van der Waals surface area contributed by atoms with Gasteiger partial charge in [-0.25, -0.2) is 9.37 Å². The van der Waals surface area contributed by atoms with Crippen molar-refractivity contribution in [3.05, 3.63) is 35.8 Å². The normalized spacial score (nSPS) is 15.6. The monoisotopic (exact) mass is 343 g/mol. The molecule has 0 aliphatic heterocycles. The fourth-order valence-corrected chi connectivity index (χ4v) is 3.47. The van der Waals surface area contributed by atoms with E-state index in [2.05, 4.69) is 15.3 Å². The van der Waals surface area contributed by atoms with Crippen LogP contribution in [-0.4, -0.2) is 28.6 Å². The molecule has 1 fully saturated rings. The zero-order chi connectivity index (χ0) is 17.6. The van der Waals surface area contributed by atoms with Crippen LogP contribution in [0, 0.1) is 11.7 Å². The van der Waals surface area contributed by atoms with Crippen LogP contribution in [0.4, 0.5) is 10.2 Å². The van der Waals surface area contributed by atoms with Crippen molar-refractivity contribution in [3.8, 4) is 0 Å². The lowest BCUT2D eigenvalue weighted by molar-refractivity contribution is -0.359. The number of pyridine rings is 1. The van der Waals surface area contributed by atoms with Crippen LogP contribution in [0.3, 0.4) is 0 Å². The van der Waals surface area contributed by atoms with E-state index >= 15 is 0 Å². The van der Waals surface area contributed by atoms with Crippen LogP contribution in [-0.2, 0) is 0 Å². The summed E-state index contributed by atoms with van der Waals surface area (Å²) in [7, 11) is 0. The maximum atomic E-state index is 13.8. The number of aliphatic hydroxyl groups excluding tert-OH is 1. The average Bonchev–Trinajstić information content (AvgIpc) is 3.35. The minimum atomic E-state index is -0.561. The average molecular weight is 343 g/mol. The summed E-state index contributed by atoms with van der Waals surface area (Å²) in [5.74, 6) is 0.308. The molecule has 130 valence electrons. The Morgan fingerprint density at radius 2 is 2.28 bits per heavy atom. The predicted octanol–water partition coefficient (Wildman–Crippen LogP) is 1.95. The topological polar surface area (TPSA) is 105 Å². The van der Waals surface area contributed by atoms with E-state index in [4.69, 9.17) is 5.73 Å². The lowest BCUT2D eigenvalue weighted by Crippen LogP contribution is -2.28. The first-order chi connectivity index (χ1) is 12.1. The molecule has 2 aromatic heterocycles. The summed E-state index contributed by atoms with van der Waals surface area (Å²) < 4.78 is 13.8. The summed E-state index contributed by atoms with van der Waals surface area (Å²) in [6.07, 6.45) is 4.45. The molecular formula is C18H20FN4O2+. The highest BCUT2D eigenvalue weighted by Crippen LogP contribution is 2.37. The second kappa shape index (κ2) is 6.00. The van der Waals surface area contributed by atoms with Crippen molar-refractivity contribution in [2.24, 2.45) is 11.7 Å². The van der Waals surface area contributed by atoms with E-state index in [1.807, 2.05) is 0 Å². The molecule has 7 heteroatoms. The summed E-state index contributed by atoms with van der Waals surface area (Å²) in [5, 5.41) is 14.1. The first kappa shape index (κ1) is 15.8. The number of carbonyl (C=O) groups is 1. The van der Waals surface area contributed by atoms with Gasteiger partial charge in [-0.3, -0.25) is 10.1 Å². The quantitative estimate of drug-likeness (QED) is 0.550. The molecule has 1 atom stereocenters. The van der Waals surface area contributed by atoms with E-state index in [0.29, 0.717) is 40.0 Å². The van der Waals surface area contributed by atoms with Crippen molar-refractivity contribution < 1.29 is 19.3 Å². The second-order valence-corrected chi connectivity index (χ2v) is 6.61. The molecular weight excluding hydrogens is 323 g/mol. The van der Waals surface area contributed by atoms with Crippen molar-refractivity contribution in [1.82, 2.24) is 4.98 Å². The van der Waals surface area contributed by atoms with Gasteiger partial charge in [0.1, 0.15) is 17.6 Å². The molecule has 25 heavy (non-hydrogen) atoms. The SMILES string of the molecule is NC(=O)c1c[nH+]c(NC(CCO)C2CC2)c2c1[nH]c1ccc(F)cc12. The van der Waals surface area contributed by atoms with E-state index in [-0.39, 0.29) is 18.5 Å². The summed E-state index contributed by atoms with van der Waals surface area (Å²) in [6, 6.07) is 4.58. The van der Waals surface area contributed by atoms with Gasteiger partial charge in [-0.15, -0.1) is 0 Å². The van der Waals surface area contributed by atoms with Gasteiger partial charge < -0.3 is 15.8 Å². The molecule has 6 nitrogen and oxygen atoms in total. The van der Waals surface area contributed by atoms with Gasteiger partial charge >= 0.3 is 0 Å². The van der Waals surface area contributed by atoms with Crippen molar-refractivity contribution in [3.63, 3.8) is 0 Å². The van der Waals surface area contributed by atoms with Gasteiger partial charge in [0.15, 0.2) is 0 Å². The number of amides is 1. The Hall–Kier alpha value is -2.67. The summed E-state index contributed by atoms with van der Waals surface area (Å²) in [4.78, 5) is 18.0. The van der Waals surface area contributed by atoms with E-state index in [0.717, 1.165) is 18.4 Å². The second-order valence-electron chi connectivity index (χ2n) is 6.61. The Labute approximate surface area is 143 Å². The molecule has 6 N–H and O–H groups in total. The van der Waals surface area contributed by atoms with Gasteiger partial charge in [0.25, 0.3) is 11.7 Å². The molecule has 0 spiro atoms. The van der Waals surface area contributed by atoms with Crippen LogP contribution < -0.4 is 16.0 Å². The minimum Gasteiger partial charge on any atom is -0.396 e. The number of nitrogens with one attached hydrogen (secondary N) is 3. The van der Waals surface area contributed by atoms with Crippen LogP contribution in [0.5, 0.6) is 0 Å². The van der Waals surface area contributed by atoms with E-state index < -0.39 is 5.91 Å². The first-order valence-electron chi connectivity index (χ1n) is 8.41. The zero-order valence-electron chi connectivity index (χ0n) is 13.6. The molecule has 1 saturated carbocycles. The number of aromatic amines is 2. The highest BCUT2D eigenvalue weighted by Gasteiger charge is 2.35. The van der Waals surface area contributed by atoms with Crippen LogP contribution in [0.15, 0.2) is 24.4 Å². The molecule has 1 unspecified atom stereocenters. The lowest BCUT2D eigenvalue weighted by atomic mass is 10.1. The van der Waals surface area contributed by atoms with Crippen LogP contribution >= 0.6 is 0 Å². The largest absolute Gasteiger partial charge is 0.396 e. The molecule has 1 amide bonds. The summed E-state index contributed by atoms with van der Waals surface area (Å²) >= 11 is 0. The van der Waals surface area contributed by atoms with Crippen LogP contribution in [0.1, 0.15) is 29.6 Å². The van der Waals surface area contributed by atoms with Gasteiger partial charge in [-0.2, -0.15) is 0 Å². The molecule has 2 heterocycles. The number of benzene rings is 1. The van der Waals surface area contributed by atoms with E-state index in [1.54, 1.807) is 12.3 Å². The Kier molecular flexibility index (Phi) is 3.80. The fourth-order valence-electron chi connectivity index (χ4n) is 3.47. The third kappa shape index (κ3) is 2.80. The van der Waals surface area contributed by atoms with Gasteiger partial charge in [-0.1, -0.05) is 0 Å². The van der Waals surface area contributed by atoms with Crippen LogP contribution in [0.25, 0.3) is 21.8 Å². The first-order valence-corrected chi connectivity index (χ1v) is 8.41. The highest BCUT2D eigenvalue weighted by atomic mass is 19.1. The third-order valence-electron chi connectivity index (χ3n) is 4.87. The Morgan fingerprint density at radius 1 is 1.48 bits per heavy atom. The fraction of sp³-hybridized carbons (Fsp3) is 0.333. The van der Waals surface area contributed by atoms with Crippen molar-refractivity contribution in [1.29, 1.82) is 0 Å². The standard InChI is InChI=1S/C18H19FN4O2/c19-10-3-4-14-11(7-10)15-16(22-14)12(17(20)25)8-21-18(15)23-13(5-6-24)9-1-2-9/h3-4,7-9,13,22,24H,1-2,5-6H2,(H2,20,25)(H,21,23)/p+1. The van der Waals surface area contributed by atoms with Crippen LogP contribution in [0.2, 0.25) is 0 Å². The number of fused-ring (bicyclic) bond motifs is 3. The molecule has 0 radical (unpaired) electrons. The Bertz CT molecular complexity index is 965. The van der Waals surface area contributed by atoms with Gasteiger partial charge in [0.05, 0.1) is 16.9 Å². The van der Waals surface area contributed by atoms with Gasteiger partial charge in [-0.05, 0) is 37.0 Å². The molecule has 1 aromatic carbocycles. The van der Waals surface area contributed by atoms with Crippen molar-refractivity contribution >= 4 is 33.5 Å². The number of anilines is 1. The number of halogens is 1. The number of aromatic nitrogens is 2. The number of rotatable bonds is 6. The zero-order valence-corrected chi connectivity index (χ0v) is 13.6. The highest BCUT2D eigenvalue weighted by molar-refractivity contribution is 6.17. The van der Waals surface area contributed by atoms with Crippen molar-refractivity contribution in [2.45, 2.75) is 25.3 Å². The van der Waals surface area contributed by atoms with Gasteiger partial charge in [0, 0.05) is 23.9 Å². The minimum absolute atomic E-state index is 0.0964. The Balaban J connectivity index is 1.91. The number of aliphatic hydroxyl groups is 1. The number of hydrogen-bond donors (Lipinski definition) is 4. The molecule has 4 rings (SSSR count). The third-order valence-corrected chi connectivity index (χ3v) is 4.87. The predicted molar refractivity (Wildman–Crippen MR) is 92.7 cm³/mol. The molecule has 1 aliphatic rings. The number of hydrogen-bond acceptors (Lipinski definition) is 3. The van der Waals surface area contributed by atoms with Gasteiger partial charge in [0.2, 0.25) is 0 Å². The van der Waals surface area contributed by atoms with Crippen molar-refractivity contribution in [2.75, 3.05) is 11.9 Å². The van der Waals surface area contributed by atoms with E-state index in [1.165, 1.54) is 12.1 Å². The van der Waals surface area contributed by atoms with E-state index in [9.17, 15) is 14.3 Å². The maximum Gasteiger partial charge on any atom is 0.282 e. The number of H-pyrrole nitrogens is 2. The maximum absolute atomic E-state index is 13.8. The molecule has 3 aromatic rings. The number of carbonyl (C=O) groups excluding carboxylic acids is 1. The molecule has 0 bridgehead atoms.